The van der Waals surface area contributed by atoms with Crippen LogP contribution in [0.25, 0.3) is 0 Å². The lowest BCUT2D eigenvalue weighted by atomic mass is 10.0. The Morgan fingerprint density at radius 2 is 2.21 bits per heavy atom. The van der Waals surface area contributed by atoms with Crippen molar-refractivity contribution in [1.29, 1.82) is 0 Å². The number of carbonyl (C=O) groups excluding carboxylic acids is 2. The Bertz CT molecular complexity index is 824. The number of H-pyrrole nitrogens is 1. The number of nitrogens with zero attached hydrogens (tertiary/aromatic N) is 4. The zero-order valence-electron chi connectivity index (χ0n) is 15.9. The van der Waals surface area contributed by atoms with Gasteiger partial charge in [0.05, 0.1) is 32.5 Å². The maximum atomic E-state index is 12.8. The molecular formula is C18H24N6O4. The number of aliphatic hydroxyl groups is 1. The standard InChI is InChI=1S/C18H24N6O4/c1-12(2)13-7-14(23-22-13)17(26)24-5-6-28-11-18(27,10-24)9-21-16(25)15-8-19-3-4-20-15/h3-4,7-8,12,27H,5-6,9-11H2,1-2H3,(H,21,25)(H,22,23)/t18-/m0/s1. The molecule has 2 aromatic rings. The molecule has 0 bridgehead atoms. The van der Waals surface area contributed by atoms with Crippen molar-refractivity contribution in [2.24, 2.45) is 0 Å². The van der Waals surface area contributed by atoms with E-state index in [4.69, 9.17) is 4.74 Å². The Balaban J connectivity index is 1.66. The van der Waals surface area contributed by atoms with Crippen molar-refractivity contribution in [3.63, 3.8) is 0 Å². The molecule has 0 spiro atoms. The number of hydrogen-bond donors (Lipinski definition) is 3. The zero-order chi connectivity index (χ0) is 20.1. The maximum absolute atomic E-state index is 12.8. The number of nitrogens with one attached hydrogen (secondary N) is 2. The molecule has 2 aromatic heterocycles. The average Bonchev–Trinajstić information content (AvgIpc) is 3.11. The first kappa shape index (κ1) is 19.9. The monoisotopic (exact) mass is 388 g/mol. The molecule has 10 heteroatoms. The quantitative estimate of drug-likeness (QED) is 0.654. The molecule has 0 aliphatic carbocycles. The molecule has 150 valence electrons. The second-order valence-electron chi connectivity index (χ2n) is 7.14. The smallest absolute Gasteiger partial charge is 0.274 e. The largest absolute Gasteiger partial charge is 0.384 e. The summed E-state index contributed by atoms with van der Waals surface area (Å²) in [5, 5.41) is 20.5. The van der Waals surface area contributed by atoms with Crippen LogP contribution in [0, 0.1) is 0 Å². The number of aromatic amines is 1. The number of ether oxygens (including phenoxy) is 1. The van der Waals surface area contributed by atoms with Crippen molar-refractivity contribution < 1.29 is 19.4 Å². The van der Waals surface area contributed by atoms with E-state index in [1.54, 1.807) is 6.07 Å². The first-order valence-electron chi connectivity index (χ1n) is 9.07. The first-order valence-corrected chi connectivity index (χ1v) is 9.07. The fourth-order valence-electron chi connectivity index (χ4n) is 2.85. The SMILES string of the molecule is CC(C)c1cc(C(=O)N2CCOC[C@](O)(CNC(=O)c3cnccn3)C2)n[nH]1. The number of rotatable bonds is 5. The van der Waals surface area contributed by atoms with Gasteiger partial charge in [-0.05, 0) is 12.0 Å². The van der Waals surface area contributed by atoms with E-state index in [1.165, 1.54) is 23.5 Å². The van der Waals surface area contributed by atoms with Gasteiger partial charge in [0, 0.05) is 24.6 Å². The Labute approximate surface area is 162 Å². The molecule has 0 aromatic carbocycles. The molecular weight excluding hydrogens is 364 g/mol. The Morgan fingerprint density at radius 1 is 1.39 bits per heavy atom. The summed E-state index contributed by atoms with van der Waals surface area (Å²) in [4.78, 5) is 34.2. The molecule has 28 heavy (non-hydrogen) atoms. The van der Waals surface area contributed by atoms with Gasteiger partial charge in [0.25, 0.3) is 11.8 Å². The first-order chi connectivity index (χ1) is 13.4. The maximum Gasteiger partial charge on any atom is 0.274 e. The minimum Gasteiger partial charge on any atom is -0.384 e. The van der Waals surface area contributed by atoms with E-state index in [9.17, 15) is 14.7 Å². The van der Waals surface area contributed by atoms with Gasteiger partial charge in [-0.25, -0.2) is 4.98 Å². The lowest BCUT2D eigenvalue weighted by molar-refractivity contribution is -0.0324. The van der Waals surface area contributed by atoms with E-state index in [2.05, 4.69) is 25.5 Å². The van der Waals surface area contributed by atoms with Crippen LogP contribution in [0.1, 0.15) is 46.4 Å². The predicted octanol–water partition coefficient (Wildman–Crippen LogP) is -0.0434. The number of carbonyl (C=O) groups is 2. The number of hydrogen-bond acceptors (Lipinski definition) is 7. The second-order valence-corrected chi connectivity index (χ2v) is 7.14. The average molecular weight is 388 g/mol. The van der Waals surface area contributed by atoms with E-state index in [-0.39, 0.29) is 49.5 Å². The molecule has 1 atom stereocenters. The Hall–Kier alpha value is -2.85. The normalized spacial score (nSPS) is 20.1. The highest BCUT2D eigenvalue weighted by Gasteiger charge is 2.36. The molecule has 1 fully saturated rings. The van der Waals surface area contributed by atoms with Crippen molar-refractivity contribution in [2.75, 3.05) is 32.8 Å². The van der Waals surface area contributed by atoms with Crippen LogP contribution in [0.4, 0.5) is 0 Å². The van der Waals surface area contributed by atoms with Gasteiger partial charge in [0.1, 0.15) is 17.0 Å². The molecule has 2 amide bonds. The van der Waals surface area contributed by atoms with Crippen molar-refractivity contribution in [3.05, 3.63) is 41.7 Å². The summed E-state index contributed by atoms with van der Waals surface area (Å²) in [5.41, 5.74) is -0.134. The van der Waals surface area contributed by atoms with Crippen LogP contribution >= 0.6 is 0 Å². The van der Waals surface area contributed by atoms with E-state index >= 15 is 0 Å². The van der Waals surface area contributed by atoms with Crippen LogP contribution in [0.3, 0.4) is 0 Å². The summed E-state index contributed by atoms with van der Waals surface area (Å²) >= 11 is 0. The van der Waals surface area contributed by atoms with Crippen LogP contribution in [0.2, 0.25) is 0 Å². The Morgan fingerprint density at radius 3 is 2.89 bits per heavy atom. The molecule has 3 heterocycles. The molecule has 1 aliphatic rings. The number of amides is 2. The lowest BCUT2D eigenvalue weighted by Crippen LogP contribution is -2.53. The van der Waals surface area contributed by atoms with Crippen LogP contribution in [-0.4, -0.2) is 80.4 Å². The molecule has 3 rings (SSSR count). The second kappa shape index (κ2) is 8.44. The number of aromatic nitrogens is 4. The molecule has 0 radical (unpaired) electrons. The minimum absolute atomic E-state index is 0.00463. The fraction of sp³-hybridized carbons (Fsp3) is 0.500. The van der Waals surface area contributed by atoms with Crippen LogP contribution in [-0.2, 0) is 4.74 Å². The van der Waals surface area contributed by atoms with E-state index < -0.39 is 11.5 Å². The van der Waals surface area contributed by atoms with Gasteiger partial charge in [0.15, 0.2) is 0 Å². The zero-order valence-corrected chi connectivity index (χ0v) is 15.9. The summed E-state index contributed by atoms with van der Waals surface area (Å²) in [7, 11) is 0. The molecule has 10 nitrogen and oxygen atoms in total. The van der Waals surface area contributed by atoms with Gasteiger partial charge in [-0.2, -0.15) is 5.10 Å². The van der Waals surface area contributed by atoms with E-state index in [0.29, 0.717) is 6.54 Å². The third kappa shape index (κ3) is 4.70. The van der Waals surface area contributed by atoms with Gasteiger partial charge in [-0.3, -0.25) is 19.7 Å². The Kier molecular flexibility index (Phi) is 6.00. The topological polar surface area (TPSA) is 133 Å². The molecule has 1 saturated heterocycles. The summed E-state index contributed by atoms with van der Waals surface area (Å²) < 4.78 is 5.46. The van der Waals surface area contributed by atoms with E-state index in [0.717, 1.165) is 5.69 Å². The van der Waals surface area contributed by atoms with Crippen molar-refractivity contribution in [3.8, 4) is 0 Å². The summed E-state index contributed by atoms with van der Waals surface area (Å²) in [6.07, 6.45) is 4.21. The van der Waals surface area contributed by atoms with Gasteiger partial charge in [0.2, 0.25) is 0 Å². The van der Waals surface area contributed by atoms with Gasteiger partial charge in [-0.15, -0.1) is 0 Å². The fourth-order valence-corrected chi connectivity index (χ4v) is 2.85. The minimum atomic E-state index is -1.43. The third-order valence-corrected chi connectivity index (χ3v) is 4.46. The van der Waals surface area contributed by atoms with E-state index in [1.807, 2.05) is 13.8 Å². The predicted molar refractivity (Wildman–Crippen MR) is 98.7 cm³/mol. The van der Waals surface area contributed by atoms with Crippen molar-refractivity contribution in [2.45, 2.75) is 25.4 Å². The molecule has 0 saturated carbocycles. The molecule has 0 unspecified atom stereocenters. The summed E-state index contributed by atoms with van der Waals surface area (Å²) in [6.45, 7) is 4.52. The van der Waals surface area contributed by atoms with Crippen LogP contribution in [0.15, 0.2) is 24.7 Å². The highest BCUT2D eigenvalue weighted by molar-refractivity contribution is 5.93. The number of β-amino-alcohol motifs (C(OH)–C–C–N with tert-alkyl or cyclic N) is 1. The lowest BCUT2D eigenvalue weighted by Gasteiger charge is -2.30. The molecule has 1 aliphatic heterocycles. The van der Waals surface area contributed by atoms with Crippen LogP contribution < -0.4 is 5.32 Å². The van der Waals surface area contributed by atoms with Crippen molar-refractivity contribution in [1.82, 2.24) is 30.4 Å². The summed E-state index contributed by atoms with van der Waals surface area (Å²) in [5.74, 6) is -0.542. The molecule has 3 N–H and O–H groups in total. The van der Waals surface area contributed by atoms with Crippen LogP contribution in [0.5, 0.6) is 0 Å². The third-order valence-electron chi connectivity index (χ3n) is 4.46. The highest BCUT2D eigenvalue weighted by atomic mass is 16.5. The summed E-state index contributed by atoms with van der Waals surface area (Å²) in [6, 6.07) is 1.72. The highest BCUT2D eigenvalue weighted by Crippen LogP contribution is 2.17. The van der Waals surface area contributed by atoms with Gasteiger partial charge < -0.3 is 20.1 Å². The van der Waals surface area contributed by atoms with Gasteiger partial charge >= 0.3 is 0 Å². The van der Waals surface area contributed by atoms with Crippen molar-refractivity contribution >= 4 is 11.8 Å². The van der Waals surface area contributed by atoms with Gasteiger partial charge in [-0.1, -0.05) is 13.8 Å².